The number of rotatable bonds is 8. The lowest BCUT2D eigenvalue weighted by molar-refractivity contribution is 1.18. The Morgan fingerprint density at radius 3 is 1.48 bits per heavy atom. The van der Waals surface area contributed by atoms with Crippen molar-refractivity contribution in [2.45, 2.75) is 0 Å². The number of benzene rings is 11. The van der Waals surface area contributed by atoms with Crippen LogP contribution in [0.2, 0.25) is 0 Å². The number of anilines is 3. The van der Waals surface area contributed by atoms with E-state index in [0.29, 0.717) is 0 Å². The van der Waals surface area contributed by atoms with Crippen molar-refractivity contribution in [2.24, 2.45) is 0 Å². The maximum atomic E-state index is 2.47. The van der Waals surface area contributed by atoms with E-state index in [-0.39, 0.29) is 0 Å². The van der Waals surface area contributed by atoms with E-state index in [1.54, 1.807) is 0 Å². The summed E-state index contributed by atoms with van der Waals surface area (Å²) in [6.45, 7) is 0. The Bertz CT molecular complexity index is 3620. The van der Waals surface area contributed by atoms with Crippen molar-refractivity contribution >= 4 is 60.4 Å². The molecule has 0 bridgehead atoms. The van der Waals surface area contributed by atoms with Crippen molar-refractivity contribution in [1.29, 1.82) is 0 Å². The number of fused-ring (bicyclic) bond motifs is 5. The molecule has 0 fully saturated rings. The fourth-order valence-corrected chi connectivity index (χ4v) is 9.63. The molecule has 0 spiro atoms. The van der Waals surface area contributed by atoms with Crippen LogP contribution in [-0.4, -0.2) is 4.57 Å². The Morgan fingerprint density at radius 1 is 0.266 bits per heavy atom. The van der Waals surface area contributed by atoms with Gasteiger partial charge in [0, 0.05) is 33.3 Å². The first-order chi connectivity index (χ1) is 31.7. The second kappa shape index (κ2) is 15.8. The monoisotopic (exact) mass is 814 g/mol. The second-order valence-electron chi connectivity index (χ2n) is 16.5. The highest BCUT2D eigenvalue weighted by Crippen LogP contribution is 2.47. The predicted octanol–water partition coefficient (Wildman–Crippen LogP) is 17.2. The van der Waals surface area contributed by atoms with Gasteiger partial charge in [-0.2, -0.15) is 0 Å². The van der Waals surface area contributed by atoms with Gasteiger partial charge >= 0.3 is 0 Å². The van der Waals surface area contributed by atoms with Crippen LogP contribution in [0.25, 0.3) is 93.5 Å². The second-order valence-corrected chi connectivity index (χ2v) is 16.5. The number of aromatic nitrogens is 1. The average Bonchev–Trinajstić information content (AvgIpc) is 3.71. The molecular formula is C62H42N2. The molecule has 0 radical (unpaired) electrons. The first-order valence-corrected chi connectivity index (χ1v) is 22.0. The lowest BCUT2D eigenvalue weighted by atomic mass is 9.93. The normalized spacial score (nSPS) is 11.4. The summed E-state index contributed by atoms with van der Waals surface area (Å²) in [4.78, 5) is 2.47. The number of nitrogens with zero attached hydrogens (tertiary/aromatic N) is 2. The first-order valence-electron chi connectivity index (χ1n) is 22.0. The molecule has 0 saturated carbocycles. The van der Waals surface area contributed by atoms with Gasteiger partial charge in [-0.15, -0.1) is 0 Å². The summed E-state index contributed by atoms with van der Waals surface area (Å²) < 4.78 is 2.39. The molecule has 0 aliphatic rings. The molecule has 0 aliphatic heterocycles. The highest BCUT2D eigenvalue weighted by molar-refractivity contribution is 6.09. The minimum atomic E-state index is 1.07. The molecule has 0 atom stereocenters. The van der Waals surface area contributed by atoms with Crippen LogP contribution in [0, 0.1) is 0 Å². The molecule has 0 N–H and O–H groups in total. The summed E-state index contributed by atoms with van der Waals surface area (Å²) >= 11 is 0. The molecule has 12 aromatic rings. The minimum Gasteiger partial charge on any atom is -0.309 e. The maximum absolute atomic E-state index is 2.47. The largest absolute Gasteiger partial charge is 0.309 e. The smallest absolute Gasteiger partial charge is 0.0546 e. The third kappa shape index (κ3) is 6.61. The van der Waals surface area contributed by atoms with E-state index in [1.807, 2.05) is 0 Å². The van der Waals surface area contributed by atoms with Gasteiger partial charge in [-0.1, -0.05) is 194 Å². The van der Waals surface area contributed by atoms with Crippen LogP contribution in [0.5, 0.6) is 0 Å². The summed E-state index contributed by atoms with van der Waals surface area (Å²) in [7, 11) is 0. The lowest BCUT2D eigenvalue weighted by Crippen LogP contribution is -2.12. The quantitative estimate of drug-likeness (QED) is 0.148. The molecule has 11 aromatic carbocycles. The maximum Gasteiger partial charge on any atom is 0.0546 e. The Balaban J connectivity index is 1.05. The summed E-state index contributed by atoms with van der Waals surface area (Å²) in [5, 5.41) is 7.42. The summed E-state index contributed by atoms with van der Waals surface area (Å²) in [5.74, 6) is 0. The van der Waals surface area contributed by atoms with Gasteiger partial charge in [-0.25, -0.2) is 0 Å². The number of para-hydroxylation sites is 3. The summed E-state index contributed by atoms with van der Waals surface area (Å²) in [5.41, 5.74) is 16.1. The molecule has 12 rings (SSSR count). The van der Waals surface area contributed by atoms with Gasteiger partial charge < -0.3 is 9.47 Å². The molecule has 0 unspecified atom stereocenters. The van der Waals surface area contributed by atoms with Gasteiger partial charge in [-0.05, 0) is 116 Å². The van der Waals surface area contributed by atoms with E-state index in [9.17, 15) is 0 Å². The van der Waals surface area contributed by atoms with Crippen molar-refractivity contribution in [3.63, 3.8) is 0 Å². The molecule has 300 valence electrons. The van der Waals surface area contributed by atoms with Crippen molar-refractivity contribution in [1.82, 2.24) is 4.57 Å². The molecule has 0 saturated heterocycles. The topological polar surface area (TPSA) is 8.17 Å². The zero-order chi connectivity index (χ0) is 42.4. The van der Waals surface area contributed by atoms with E-state index in [0.717, 1.165) is 50.6 Å². The summed E-state index contributed by atoms with van der Waals surface area (Å²) in [6, 6.07) is 92.9. The van der Waals surface area contributed by atoms with Crippen LogP contribution in [-0.2, 0) is 0 Å². The van der Waals surface area contributed by atoms with Crippen LogP contribution in [0.4, 0.5) is 17.1 Å². The lowest BCUT2D eigenvalue weighted by Gasteiger charge is -2.30. The van der Waals surface area contributed by atoms with Gasteiger partial charge in [0.15, 0.2) is 0 Å². The van der Waals surface area contributed by atoms with Crippen molar-refractivity contribution < 1.29 is 0 Å². The molecule has 1 aromatic heterocycles. The highest BCUT2D eigenvalue weighted by atomic mass is 15.1. The van der Waals surface area contributed by atoms with Crippen molar-refractivity contribution in [3.8, 4) is 50.2 Å². The van der Waals surface area contributed by atoms with E-state index in [2.05, 4.69) is 264 Å². The van der Waals surface area contributed by atoms with E-state index in [4.69, 9.17) is 0 Å². The van der Waals surface area contributed by atoms with E-state index in [1.165, 1.54) is 60.0 Å². The molecule has 2 nitrogen and oxygen atoms in total. The Labute approximate surface area is 373 Å². The first kappa shape index (κ1) is 37.3. The predicted molar refractivity (Wildman–Crippen MR) is 272 cm³/mol. The van der Waals surface area contributed by atoms with E-state index >= 15 is 0 Å². The SMILES string of the molecule is c1ccc(-c2ccccc2N(c2ccc(-c3cccc(-n4c5ccccc5c5ccccc54)c3)cc2)c2cc(-c3ccc4ccccc4c3)ccc2-c2ccc3ccccc3c2)cc1. The zero-order valence-electron chi connectivity index (χ0n) is 35.1. The third-order valence-corrected chi connectivity index (χ3v) is 12.8. The van der Waals surface area contributed by atoms with Crippen molar-refractivity contribution in [3.05, 3.63) is 255 Å². The Hall–Kier alpha value is -8.46. The van der Waals surface area contributed by atoms with Gasteiger partial charge in [0.05, 0.1) is 22.4 Å². The van der Waals surface area contributed by atoms with Crippen LogP contribution >= 0.6 is 0 Å². The Morgan fingerprint density at radius 2 is 0.766 bits per heavy atom. The fraction of sp³-hybridized carbons (Fsp3) is 0. The third-order valence-electron chi connectivity index (χ3n) is 12.8. The van der Waals surface area contributed by atoms with Gasteiger partial charge in [0.2, 0.25) is 0 Å². The van der Waals surface area contributed by atoms with Crippen LogP contribution < -0.4 is 4.90 Å². The highest BCUT2D eigenvalue weighted by Gasteiger charge is 2.22. The molecule has 0 amide bonds. The average molecular weight is 815 g/mol. The van der Waals surface area contributed by atoms with Crippen molar-refractivity contribution in [2.75, 3.05) is 4.90 Å². The van der Waals surface area contributed by atoms with Gasteiger partial charge in [-0.3, -0.25) is 0 Å². The van der Waals surface area contributed by atoms with Crippen LogP contribution in [0.3, 0.4) is 0 Å². The Kier molecular flexibility index (Phi) is 9.20. The molecule has 0 aliphatic carbocycles. The zero-order valence-corrected chi connectivity index (χ0v) is 35.1. The molecular weight excluding hydrogens is 773 g/mol. The minimum absolute atomic E-state index is 1.07. The standard InChI is InChI=1S/C62H42N2/c1-2-17-46(18-3-1)55-23-8-11-26-59(55)63(53-36-33-45(34-37-53)49-21-14-22-54(41-49)64-60-27-12-9-24-57(60)58-25-10-13-28-61(58)64)62-42-51(50-31-29-43-15-4-6-19-47(43)39-50)35-38-56(62)52-32-30-44-16-5-7-20-48(44)40-52/h1-42H. The molecule has 1 heterocycles. The number of hydrogen-bond donors (Lipinski definition) is 0. The fourth-order valence-electron chi connectivity index (χ4n) is 9.63. The molecule has 64 heavy (non-hydrogen) atoms. The van der Waals surface area contributed by atoms with Crippen LogP contribution in [0.15, 0.2) is 255 Å². The summed E-state index contributed by atoms with van der Waals surface area (Å²) in [6.07, 6.45) is 0. The number of hydrogen-bond acceptors (Lipinski definition) is 1. The van der Waals surface area contributed by atoms with Gasteiger partial charge in [0.1, 0.15) is 0 Å². The molecule has 2 heteroatoms. The van der Waals surface area contributed by atoms with Crippen LogP contribution in [0.1, 0.15) is 0 Å². The van der Waals surface area contributed by atoms with Gasteiger partial charge in [0.25, 0.3) is 0 Å². The van der Waals surface area contributed by atoms with E-state index < -0.39 is 0 Å².